The minimum absolute atomic E-state index is 0.0620. The van der Waals surface area contributed by atoms with Crippen molar-refractivity contribution in [1.82, 2.24) is 0 Å². The zero-order valence-electron chi connectivity index (χ0n) is 22.1. The third-order valence-corrected chi connectivity index (χ3v) is 12.8. The summed E-state index contributed by atoms with van der Waals surface area (Å²) in [5.41, 5.74) is 1.33. The first kappa shape index (κ1) is 23.6. The molecule has 5 rings (SSSR count). The smallest absolute Gasteiger partial charge is 0.310 e. The van der Waals surface area contributed by atoms with Crippen LogP contribution in [-0.4, -0.2) is 16.9 Å². The van der Waals surface area contributed by atoms with Crippen LogP contribution >= 0.6 is 0 Å². The summed E-state index contributed by atoms with van der Waals surface area (Å²) in [7, 11) is 0. The number of carbonyl (C=O) groups is 2. The summed E-state index contributed by atoms with van der Waals surface area (Å²) >= 11 is 0. The second-order valence-electron chi connectivity index (χ2n) is 14.8. The van der Waals surface area contributed by atoms with Crippen molar-refractivity contribution in [3.8, 4) is 0 Å². The van der Waals surface area contributed by atoms with Gasteiger partial charge >= 0.3 is 5.97 Å². The quantitative estimate of drug-likeness (QED) is 0.419. The molecule has 3 nitrogen and oxygen atoms in total. The lowest BCUT2D eigenvalue weighted by Crippen LogP contribution is -2.64. The maximum absolute atomic E-state index is 12.9. The van der Waals surface area contributed by atoms with Crippen LogP contribution in [0.1, 0.15) is 113 Å². The molecule has 0 radical (unpaired) electrons. The zero-order valence-corrected chi connectivity index (χ0v) is 22.1. The third-order valence-electron chi connectivity index (χ3n) is 12.8. The van der Waals surface area contributed by atoms with Crippen molar-refractivity contribution in [1.29, 1.82) is 0 Å². The number of carboxylic acids is 1. The maximum Gasteiger partial charge on any atom is 0.310 e. The van der Waals surface area contributed by atoms with Gasteiger partial charge in [-0.2, -0.15) is 0 Å². The summed E-state index contributed by atoms with van der Waals surface area (Å²) in [6.07, 6.45) is 12.3. The molecule has 5 aliphatic carbocycles. The fourth-order valence-electron chi connectivity index (χ4n) is 10.4. The van der Waals surface area contributed by atoms with Gasteiger partial charge in [-0.15, -0.1) is 0 Å². The Labute approximate surface area is 201 Å². The molecule has 0 spiro atoms. The van der Waals surface area contributed by atoms with Crippen LogP contribution in [0.3, 0.4) is 0 Å². The monoisotopic (exact) mass is 454 g/mol. The molecule has 4 fully saturated rings. The Morgan fingerprint density at radius 2 is 1.58 bits per heavy atom. The van der Waals surface area contributed by atoms with E-state index in [1.807, 2.05) is 0 Å². The third kappa shape index (κ3) is 2.80. The second-order valence-corrected chi connectivity index (χ2v) is 14.8. The van der Waals surface area contributed by atoms with Gasteiger partial charge in [0.15, 0.2) is 0 Å². The van der Waals surface area contributed by atoms with Crippen molar-refractivity contribution in [2.45, 2.75) is 113 Å². The Balaban J connectivity index is 1.60. The molecule has 0 aromatic heterocycles. The molecule has 0 aromatic carbocycles. The Morgan fingerprint density at radius 3 is 2.24 bits per heavy atom. The average Bonchev–Trinajstić information content (AvgIpc) is 2.71. The first-order valence-corrected chi connectivity index (χ1v) is 13.6. The molecular formula is C30H46O3. The highest BCUT2D eigenvalue weighted by Gasteiger charge is 2.69. The fourth-order valence-corrected chi connectivity index (χ4v) is 10.4. The molecule has 0 saturated heterocycles. The van der Waals surface area contributed by atoms with E-state index in [0.717, 1.165) is 57.8 Å². The van der Waals surface area contributed by atoms with Gasteiger partial charge in [0.05, 0.1) is 5.41 Å². The van der Waals surface area contributed by atoms with E-state index in [1.165, 1.54) is 12.0 Å². The second kappa shape index (κ2) is 6.76. The molecule has 0 amide bonds. The number of allylic oxidation sites excluding steroid dienone is 2. The van der Waals surface area contributed by atoms with Crippen molar-refractivity contribution in [3.05, 3.63) is 11.6 Å². The van der Waals surface area contributed by atoms with Gasteiger partial charge in [-0.25, -0.2) is 0 Å². The van der Waals surface area contributed by atoms with Crippen molar-refractivity contribution in [3.63, 3.8) is 0 Å². The lowest BCUT2D eigenvalue weighted by atomic mass is 9.33. The lowest BCUT2D eigenvalue weighted by molar-refractivity contribution is -0.189. The Bertz CT molecular complexity index is 927. The van der Waals surface area contributed by atoms with Crippen molar-refractivity contribution in [2.75, 3.05) is 0 Å². The molecule has 184 valence electrons. The molecule has 1 N–H and O–H groups in total. The van der Waals surface area contributed by atoms with E-state index >= 15 is 0 Å². The van der Waals surface area contributed by atoms with Gasteiger partial charge < -0.3 is 5.11 Å². The van der Waals surface area contributed by atoms with E-state index in [-0.39, 0.29) is 33.0 Å². The van der Waals surface area contributed by atoms with Gasteiger partial charge in [0.25, 0.3) is 0 Å². The van der Waals surface area contributed by atoms with E-state index < -0.39 is 11.4 Å². The SMILES string of the molecule is CC1(C)CC[C@]2(C(=O)O)CC[C@]3(C)C(=CC[C@H]4[C@@]5(C)CCC(=O)C(C)(C)[C@H]5CC[C@]43C)[C@H]2C1. The molecular weight excluding hydrogens is 408 g/mol. The standard InChI is InChI=1S/C30H46O3/c1-25(2)14-16-30(24(32)33)17-15-28(6)19(20(30)18-25)8-9-22-27(5)12-11-23(31)26(3,4)21(27)10-13-29(22,28)7/h8,20-22H,9-18H2,1-7H3,(H,32,33)/t20-,21-,22+,27+,28-,29-,30+/m1/s1. The topological polar surface area (TPSA) is 54.4 Å². The molecule has 5 aliphatic rings. The Morgan fingerprint density at radius 1 is 0.909 bits per heavy atom. The molecule has 0 aliphatic heterocycles. The van der Waals surface area contributed by atoms with Crippen molar-refractivity contribution in [2.24, 2.45) is 50.2 Å². The fraction of sp³-hybridized carbons (Fsp3) is 0.867. The van der Waals surface area contributed by atoms with Crippen LogP contribution in [0.5, 0.6) is 0 Å². The number of hydrogen-bond acceptors (Lipinski definition) is 2. The molecule has 33 heavy (non-hydrogen) atoms. The normalized spacial score (nSPS) is 50.2. The summed E-state index contributed by atoms with van der Waals surface area (Å²) in [5.74, 6) is 1.10. The van der Waals surface area contributed by atoms with Gasteiger partial charge in [0.2, 0.25) is 0 Å². The zero-order chi connectivity index (χ0) is 24.2. The molecule has 0 bridgehead atoms. The number of carbonyl (C=O) groups excluding carboxylic acids is 1. The van der Waals surface area contributed by atoms with E-state index in [9.17, 15) is 14.7 Å². The summed E-state index contributed by atoms with van der Waals surface area (Å²) in [6, 6.07) is 0. The van der Waals surface area contributed by atoms with Gasteiger partial charge in [-0.05, 0) is 97.2 Å². The average molecular weight is 455 g/mol. The first-order valence-electron chi connectivity index (χ1n) is 13.6. The summed E-state index contributed by atoms with van der Waals surface area (Å²) < 4.78 is 0. The van der Waals surface area contributed by atoms with Crippen LogP contribution in [0.25, 0.3) is 0 Å². The first-order chi connectivity index (χ1) is 15.1. The predicted molar refractivity (Wildman–Crippen MR) is 132 cm³/mol. The van der Waals surface area contributed by atoms with Gasteiger partial charge in [-0.3, -0.25) is 9.59 Å². The van der Waals surface area contributed by atoms with E-state index in [2.05, 4.69) is 54.5 Å². The summed E-state index contributed by atoms with van der Waals surface area (Å²) in [5, 5.41) is 10.5. The van der Waals surface area contributed by atoms with Crippen LogP contribution in [-0.2, 0) is 9.59 Å². The Kier molecular flexibility index (Phi) is 4.83. The highest BCUT2D eigenvalue weighted by Crippen LogP contribution is 2.75. The number of carboxylic acid groups (broad SMARTS) is 1. The Hall–Kier alpha value is -1.12. The van der Waals surface area contributed by atoms with Crippen LogP contribution in [0, 0.1) is 50.2 Å². The van der Waals surface area contributed by atoms with Crippen LogP contribution in [0.2, 0.25) is 0 Å². The summed E-state index contributed by atoms with van der Waals surface area (Å²) in [6.45, 7) is 16.6. The highest BCUT2D eigenvalue weighted by atomic mass is 16.4. The van der Waals surface area contributed by atoms with Gasteiger partial charge in [-0.1, -0.05) is 60.1 Å². The van der Waals surface area contributed by atoms with Gasteiger partial charge in [0, 0.05) is 11.8 Å². The largest absolute Gasteiger partial charge is 0.481 e. The summed E-state index contributed by atoms with van der Waals surface area (Å²) in [4.78, 5) is 25.6. The molecule has 3 heteroatoms. The van der Waals surface area contributed by atoms with E-state index in [1.54, 1.807) is 0 Å². The lowest BCUT2D eigenvalue weighted by Gasteiger charge is -2.70. The van der Waals surface area contributed by atoms with Crippen molar-refractivity contribution < 1.29 is 14.7 Å². The number of Topliss-reactive ketones (excluding diaryl/α,β-unsaturated/α-hetero) is 1. The van der Waals surface area contributed by atoms with Crippen LogP contribution in [0.4, 0.5) is 0 Å². The molecule has 0 aromatic rings. The molecule has 0 unspecified atom stereocenters. The predicted octanol–water partition coefficient (Wildman–Crippen LogP) is 7.44. The van der Waals surface area contributed by atoms with E-state index in [0.29, 0.717) is 17.6 Å². The number of fused-ring (bicyclic) bond motifs is 7. The minimum Gasteiger partial charge on any atom is -0.481 e. The van der Waals surface area contributed by atoms with Crippen LogP contribution < -0.4 is 0 Å². The minimum atomic E-state index is -0.565. The molecule has 4 saturated carbocycles. The van der Waals surface area contributed by atoms with Gasteiger partial charge in [0.1, 0.15) is 5.78 Å². The maximum atomic E-state index is 12.9. The number of rotatable bonds is 1. The van der Waals surface area contributed by atoms with E-state index in [4.69, 9.17) is 0 Å². The molecule has 7 atom stereocenters. The number of aliphatic carboxylic acids is 1. The number of hydrogen-bond donors (Lipinski definition) is 1. The van der Waals surface area contributed by atoms with Crippen LogP contribution in [0.15, 0.2) is 11.6 Å². The highest BCUT2D eigenvalue weighted by molar-refractivity contribution is 5.85. The molecule has 0 heterocycles. The van der Waals surface area contributed by atoms with Crippen molar-refractivity contribution >= 4 is 11.8 Å². The number of ketones is 1.